The van der Waals surface area contributed by atoms with Crippen molar-refractivity contribution < 1.29 is 50.7 Å². The summed E-state index contributed by atoms with van der Waals surface area (Å²) in [5.41, 5.74) is 7.39. The molecule has 4 aromatic rings. The highest BCUT2D eigenvalue weighted by atomic mass is 35.5. The number of imidazole rings is 1. The molecule has 4 N–H and O–H groups in total. The predicted molar refractivity (Wildman–Crippen MR) is 174 cm³/mol. The number of anilines is 1. The Kier molecular flexibility index (Phi) is 12.5. The lowest BCUT2D eigenvalue weighted by Gasteiger charge is -2.22. The predicted octanol–water partition coefficient (Wildman–Crippen LogP) is 5.28. The van der Waals surface area contributed by atoms with Crippen LogP contribution < -0.4 is 15.3 Å². The number of nitrogens with zero attached hydrogens (tertiary/aromatic N) is 4. The van der Waals surface area contributed by atoms with Crippen LogP contribution in [0.15, 0.2) is 67.0 Å². The van der Waals surface area contributed by atoms with E-state index in [0.717, 1.165) is 5.56 Å². The third-order valence-corrected chi connectivity index (χ3v) is 10.4. The van der Waals surface area contributed by atoms with Crippen LogP contribution in [0.2, 0.25) is 5.28 Å². The highest BCUT2D eigenvalue weighted by Gasteiger charge is 2.34. The van der Waals surface area contributed by atoms with E-state index in [9.17, 15) is 18.8 Å². The minimum atomic E-state index is -4.59. The molecule has 0 saturated carbocycles. The van der Waals surface area contributed by atoms with Gasteiger partial charge in [-0.3, -0.25) is 18.4 Å². The van der Waals surface area contributed by atoms with Crippen LogP contribution in [0.25, 0.3) is 11.2 Å². The third kappa shape index (κ3) is 10.2. The summed E-state index contributed by atoms with van der Waals surface area (Å²) in [6.45, 7) is 0.411. The molecule has 0 spiro atoms. The van der Waals surface area contributed by atoms with Crippen molar-refractivity contribution in [3.05, 3.63) is 77.8 Å². The van der Waals surface area contributed by atoms with E-state index in [0.29, 0.717) is 24.0 Å². The van der Waals surface area contributed by atoms with Gasteiger partial charge < -0.3 is 29.1 Å². The fourth-order valence-corrected chi connectivity index (χ4v) is 7.36. The van der Waals surface area contributed by atoms with Gasteiger partial charge in [0.25, 0.3) is 0 Å². The minimum absolute atomic E-state index is 0.0113. The molecule has 2 aromatic heterocycles. The molecule has 0 radical (unpaired) electrons. The second-order valence-electron chi connectivity index (χ2n) is 10.2. The molecule has 0 bridgehead atoms. The van der Waals surface area contributed by atoms with Crippen LogP contribution >= 0.6 is 36.2 Å². The molecule has 5 rings (SSSR count). The van der Waals surface area contributed by atoms with Crippen LogP contribution in [0.1, 0.15) is 31.6 Å². The van der Waals surface area contributed by atoms with Gasteiger partial charge in [0.2, 0.25) is 5.28 Å². The number of nitrogens with two attached hydrogens (primary N) is 1. The molecule has 1 fully saturated rings. The van der Waals surface area contributed by atoms with Crippen LogP contribution in [0.3, 0.4) is 0 Å². The Bertz CT molecular complexity index is 1770. The van der Waals surface area contributed by atoms with Gasteiger partial charge in [-0.1, -0.05) is 48.5 Å². The standard InChI is InChI=1S/C27H32ClN6O11P3/c1-18(26(35)39-14-19-8-4-2-5-9-19)33-47(36,44-20-10-6-3-7-11-20)45-46-40-17-42-48(37,38)41-15-21-12-13-22(43-21)34-16-30-23-24(29)31-27(28)32-25(23)34/h2-11,16,18,21-22,46H,12-15,17H2,1H3,(H,33,36)(H,37,38)(H2,29,31,32)/t18-,21-,22+,47?/m0/s1. The van der Waals surface area contributed by atoms with E-state index >= 15 is 0 Å². The van der Waals surface area contributed by atoms with Crippen molar-refractivity contribution in [2.45, 2.75) is 44.7 Å². The van der Waals surface area contributed by atoms with E-state index in [1.165, 1.54) is 25.4 Å². The van der Waals surface area contributed by atoms with Crippen molar-refractivity contribution in [3.8, 4) is 5.75 Å². The molecule has 0 amide bonds. The van der Waals surface area contributed by atoms with Crippen molar-refractivity contribution in [2.75, 3.05) is 19.1 Å². The Balaban J connectivity index is 1.07. The molecule has 48 heavy (non-hydrogen) atoms. The number of nitrogen functional groups attached to an aromatic ring is 1. The number of para-hydroxylation sites is 1. The highest BCUT2D eigenvalue weighted by molar-refractivity contribution is 7.58. The molecule has 2 aromatic carbocycles. The molecule has 6 atom stereocenters. The summed E-state index contributed by atoms with van der Waals surface area (Å²) >= 11 is 5.93. The number of halogens is 1. The van der Waals surface area contributed by atoms with Gasteiger partial charge in [-0.25, -0.2) is 18.4 Å². The zero-order valence-electron chi connectivity index (χ0n) is 25.3. The summed E-state index contributed by atoms with van der Waals surface area (Å²) < 4.78 is 64.8. The maximum Gasteiger partial charge on any atom is 0.474 e. The Morgan fingerprint density at radius 1 is 1.15 bits per heavy atom. The van der Waals surface area contributed by atoms with E-state index in [2.05, 4.69) is 20.0 Å². The van der Waals surface area contributed by atoms with E-state index in [-0.39, 0.29) is 30.1 Å². The average Bonchev–Trinajstić information content (AvgIpc) is 3.71. The highest BCUT2D eigenvalue weighted by Crippen LogP contribution is 2.51. The second-order valence-corrected chi connectivity index (χ2v) is 14.6. The van der Waals surface area contributed by atoms with Crippen molar-refractivity contribution in [1.29, 1.82) is 0 Å². The maximum absolute atomic E-state index is 13.6. The number of phosphoric ester groups is 1. The molecule has 1 aliphatic heterocycles. The van der Waals surface area contributed by atoms with E-state index in [1.54, 1.807) is 34.9 Å². The first-order valence-corrected chi connectivity index (χ1v) is 18.5. The number of fused-ring (bicyclic) bond motifs is 1. The molecule has 3 heterocycles. The van der Waals surface area contributed by atoms with Gasteiger partial charge in [0.15, 0.2) is 27.3 Å². The number of hydrogen-bond acceptors (Lipinski definition) is 14. The quantitative estimate of drug-likeness (QED) is 0.0412. The number of ether oxygens (including phenoxy) is 2. The number of aromatic nitrogens is 4. The fraction of sp³-hybridized carbons (Fsp3) is 0.333. The van der Waals surface area contributed by atoms with Gasteiger partial charge in [0.05, 0.1) is 19.0 Å². The number of rotatable bonds is 17. The maximum atomic E-state index is 13.6. The number of esters is 1. The summed E-state index contributed by atoms with van der Waals surface area (Å²) in [5, 5.41) is 2.48. The summed E-state index contributed by atoms with van der Waals surface area (Å²) in [6.07, 6.45) is 1.47. The molecule has 17 nitrogen and oxygen atoms in total. The van der Waals surface area contributed by atoms with E-state index < -0.39 is 55.7 Å². The van der Waals surface area contributed by atoms with Crippen molar-refractivity contribution in [1.82, 2.24) is 24.6 Å². The van der Waals surface area contributed by atoms with Crippen molar-refractivity contribution in [3.63, 3.8) is 0 Å². The average molecular weight is 745 g/mol. The minimum Gasteiger partial charge on any atom is -0.460 e. The summed E-state index contributed by atoms with van der Waals surface area (Å²) in [7, 11) is -9.82. The summed E-state index contributed by atoms with van der Waals surface area (Å²) in [6, 6.07) is 16.0. The van der Waals surface area contributed by atoms with Crippen LogP contribution in [-0.4, -0.2) is 55.9 Å². The first-order valence-electron chi connectivity index (χ1n) is 14.3. The Hall–Kier alpha value is -3.04. The molecular formula is C27H32ClN6O11P3. The van der Waals surface area contributed by atoms with E-state index in [4.69, 9.17) is 49.2 Å². The van der Waals surface area contributed by atoms with Gasteiger partial charge in [0.1, 0.15) is 30.1 Å². The third-order valence-electron chi connectivity index (χ3n) is 6.63. The molecule has 0 aliphatic carbocycles. The van der Waals surface area contributed by atoms with Gasteiger partial charge in [-0.15, -0.1) is 0 Å². The van der Waals surface area contributed by atoms with Crippen LogP contribution in [0, 0.1) is 0 Å². The molecular weight excluding hydrogens is 713 g/mol. The lowest BCUT2D eigenvalue weighted by Crippen LogP contribution is -2.34. The first kappa shape index (κ1) is 36.2. The monoisotopic (exact) mass is 744 g/mol. The normalized spacial score (nSPS) is 19.6. The number of carbonyl (C=O) groups is 1. The number of nitrogens with one attached hydrogen (secondary N) is 1. The molecule has 21 heteroatoms. The second kappa shape index (κ2) is 16.6. The van der Waals surface area contributed by atoms with Gasteiger partial charge in [0, 0.05) is 0 Å². The summed E-state index contributed by atoms with van der Waals surface area (Å²) in [5.74, 6) is -0.389. The number of phosphoric acid groups is 1. The van der Waals surface area contributed by atoms with E-state index in [1.807, 2.05) is 18.2 Å². The largest absolute Gasteiger partial charge is 0.474 e. The number of benzene rings is 2. The van der Waals surface area contributed by atoms with Crippen LogP contribution in [-0.2, 0) is 47.9 Å². The fourth-order valence-electron chi connectivity index (χ4n) is 4.38. The van der Waals surface area contributed by atoms with Crippen LogP contribution in [0.4, 0.5) is 5.82 Å². The number of hydrogen-bond donors (Lipinski definition) is 3. The lowest BCUT2D eigenvalue weighted by atomic mass is 10.2. The number of carbonyl (C=O) groups excluding carboxylic acids is 1. The first-order chi connectivity index (χ1) is 23.0. The molecule has 1 aliphatic rings. The SMILES string of the molecule is C[C@H](NP(=O)(OPOCOP(=O)(O)OC[C@@H]1CC[C@H](n2cnc3c(N)nc(Cl)nc32)O1)Oc1ccccc1)C(=O)OCc1ccccc1. The Morgan fingerprint density at radius 2 is 1.88 bits per heavy atom. The van der Waals surface area contributed by atoms with Crippen LogP contribution in [0.5, 0.6) is 5.75 Å². The zero-order valence-corrected chi connectivity index (χ0v) is 28.8. The summed E-state index contributed by atoms with van der Waals surface area (Å²) in [4.78, 5) is 34.9. The van der Waals surface area contributed by atoms with Gasteiger partial charge in [-0.2, -0.15) is 15.1 Å². The molecule has 1 saturated heterocycles. The topological polar surface area (TPSA) is 218 Å². The smallest absolute Gasteiger partial charge is 0.460 e. The van der Waals surface area contributed by atoms with Gasteiger partial charge >= 0.3 is 21.5 Å². The molecule has 258 valence electrons. The Labute approximate surface area is 281 Å². The zero-order chi connectivity index (χ0) is 34.1. The Morgan fingerprint density at radius 3 is 2.62 bits per heavy atom. The lowest BCUT2D eigenvalue weighted by molar-refractivity contribution is -0.146. The molecule has 3 unspecified atom stereocenters. The van der Waals surface area contributed by atoms with Gasteiger partial charge in [-0.05, 0) is 49.1 Å². The van der Waals surface area contributed by atoms with Crippen molar-refractivity contribution in [2.24, 2.45) is 0 Å². The van der Waals surface area contributed by atoms with Crippen molar-refractivity contribution >= 4 is 59.2 Å².